The fourth-order valence-corrected chi connectivity index (χ4v) is 2.23. The van der Waals surface area contributed by atoms with Crippen LogP contribution in [0.4, 0.5) is 26.3 Å². The fourth-order valence-electron chi connectivity index (χ4n) is 1.33. The predicted molar refractivity (Wildman–Crippen MR) is 67.8 cm³/mol. The van der Waals surface area contributed by atoms with Gasteiger partial charge in [0.05, 0.1) is 4.83 Å². The molecule has 0 bridgehead atoms. The van der Waals surface area contributed by atoms with Crippen molar-refractivity contribution < 1.29 is 35.9 Å². The van der Waals surface area contributed by atoms with E-state index < -0.39 is 50.5 Å². The molecule has 1 unspecified atom stereocenters. The molecule has 0 aliphatic heterocycles. The quantitative estimate of drug-likeness (QED) is 0.304. The van der Waals surface area contributed by atoms with Crippen molar-refractivity contribution in [1.29, 1.82) is 0 Å². The van der Waals surface area contributed by atoms with Gasteiger partial charge < -0.3 is 4.74 Å². The van der Waals surface area contributed by atoms with Crippen molar-refractivity contribution in [3.05, 3.63) is 23.8 Å². The average molecular weight is 397 g/mol. The first kappa shape index (κ1) is 18.1. The van der Waals surface area contributed by atoms with Gasteiger partial charge in [-0.2, -0.15) is 13.2 Å². The van der Waals surface area contributed by atoms with Gasteiger partial charge in [-0.25, -0.2) is 0 Å². The Morgan fingerprint density at radius 2 is 1.81 bits per heavy atom. The monoisotopic (exact) mass is 396 g/mol. The first-order valence-corrected chi connectivity index (χ1v) is 6.96. The van der Waals surface area contributed by atoms with Crippen LogP contribution in [0.15, 0.2) is 23.1 Å². The number of ketones is 1. The van der Waals surface area contributed by atoms with E-state index in [1.165, 1.54) is 6.92 Å². The zero-order chi connectivity index (χ0) is 16.4. The molecule has 10 heteroatoms. The average Bonchev–Trinajstić information content (AvgIpc) is 2.26. The maximum absolute atomic E-state index is 12.4. The van der Waals surface area contributed by atoms with Crippen LogP contribution in [0.3, 0.4) is 0 Å². The van der Waals surface area contributed by atoms with Crippen LogP contribution in [-0.4, -0.2) is 22.5 Å². The van der Waals surface area contributed by atoms with Crippen LogP contribution in [0, 0.1) is 0 Å². The Kier molecular flexibility index (Phi) is 5.59. The van der Waals surface area contributed by atoms with Gasteiger partial charge in [-0.3, -0.25) is 4.79 Å². The van der Waals surface area contributed by atoms with E-state index in [0.717, 1.165) is 12.1 Å². The number of carbonyl (C=O) groups excluding carboxylic acids is 1. The number of carbonyl (C=O) groups is 1. The standard InChI is InChI=1S/C11H7BrF6O2S/c1-5(12)9(19)7-4-6(20-10(13,14)15)2-3-8(7)21-11(16,17)18/h2-5H,1H3. The van der Waals surface area contributed by atoms with Crippen LogP contribution in [0.2, 0.25) is 0 Å². The Hall–Kier alpha value is -0.900. The summed E-state index contributed by atoms with van der Waals surface area (Å²) in [4.78, 5) is 10.5. The summed E-state index contributed by atoms with van der Waals surface area (Å²) >= 11 is 2.29. The molecule has 0 N–H and O–H groups in total. The highest BCUT2D eigenvalue weighted by Gasteiger charge is 2.34. The minimum atomic E-state index is -5.00. The third-order valence-corrected chi connectivity index (χ3v) is 3.26. The Bertz CT molecular complexity index is 526. The molecule has 1 rings (SSSR count). The lowest BCUT2D eigenvalue weighted by Crippen LogP contribution is -2.18. The number of halogens is 7. The molecule has 0 radical (unpaired) electrons. The van der Waals surface area contributed by atoms with Crippen LogP contribution < -0.4 is 4.74 Å². The highest BCUT2D eigenvalue weighted by molar-refractivity contribution is 9.10. The number of Topliss-reactive ketones (excluding diaryl/α,β-unsaturated/α-hetero) is 1. The largest absolute Gasteiger partial charge is 0.573 e. The van der Waals surface area contributed by atoms with Crippen LogP contribution in [0.5, 0.6) is 5.75 Å². The summed E-state index contributed by atoms with van der Waals surface area (Å²) in [5.74, 6) is -1.54. The summed E-state index contributed by atoms with van der Waals surface area (Å²) in [6, 6.07) is 2.13. The molecule has 2 nitrogen and oxygen atoms in total. The summed E-state index contributed by atoms with van der Waals surface area (Å²) in [6.45, 7) is 1.35. The van der Waals surface area contributed by atoms with E-state index in [9.17, 15) is 31.1 Å². The smallest absolute Gasteiger partial charge is 0.406 e. The second kappa shape index (κ2) is 6.47. The molecule has 0 saturated heterocycles. The lowest BCUT2D eigenvalue weighted by Gasteiger charge is -2.14. The number of alkyl halides is 7. The molecule has 0 heterocycles. The third kappa shape index (κ3) is 6.16. The van der Waals surface area contributed by atoms with Gasteiger partial charge in [-0.05, 0) is 36.9 Å². The van der Waals surface area contributed by atoms with Gasteiger partial charge in [0.2, 0.25) is 0 Å². The molecule has 118 valence electrons. The van der Waals surface area contributed by atoms with Crippen LogP contribution >= 0.6 is 27.7 Å². The number of benzene rings is 1. The zero-order valence-electron chi connectivity index (χ0n) is 10.2. The molecule has 0 aliphatic rings. The topological polar surface area (TPSA) is 26.3 Å². The SMILES string of the molecule is CC(Br)C(=O)c1cc(OC(F)(F)F)ccc1SC(F)(F)F. The van der Waals surface area contributed by atoms with Crippen LogP contribution in [0.25, 0.3) is 0 Å². The molecule has 0 fully saturated rings. The van der Waals surface area contributed by atoms with E-state index >= 15 is 0 Å². The van der Waals surface area contributed by atoms with E-state index in [4.69, 9.17) is 0 Å². The lowest BCUT2D eigenvalue weighted by molar-refractivity contribution is -0.274. The maximum atomic E-state index is 12.4. The van der Waals surface area contributed by atoms with Crippen LogP contribution in [0.1, 0.15) is 17.3 Å². The number of hydrogen-bond donors (Lipinski definition) is 0. The summed E-state index contributed by atoms with van der Waals surface area (Å²) in [5, 5.41) is 0. The number of rotatable bonds is 4. The second-order valence-electron chi connectivity index (χ2n) is 3.73. The number of hydrogen-bond acceptors (Lipinski definition) is 3. The van der Waals surface area contributed by atoms with E-state index in [2.05, 4.69) is 20.7 Å². The first-order chi connectivity index (χ1) is 9.39. The molecule has 1 aromatic carbocycles. The molecular formula is C11H7BrF6O2S. The summed E-state index contributed by atoms with van der Waals surface area (Å²) < 4.78 is 77.1. The summed E-state index contributed by atoms with van der Waals surface area (Å²) in [5.41, 5.74) is -5.17. The van der Waals surface area contributed by atoms with Crippen molar-refractivity contribution >= 4 is 33.5 Å². The third-order valence-electron chi connectivity index (χ3n) is 2.04. The molecule has 21 heavy (non-hydrogen) atoms. The van der Waals surface area contributed by atoms with Gasteiger partial charge in [0, 0.05) is 10.5 Å². The van der Waals surface area contributed by atoms with Crippen molar-refractivity contribution in [3.8, 4) is 5.75 Å². The highest BCUT2D eigenvalue weighted by Crippen LogP contribution is 2.40. The molecule has 0 amide bonds. The Labute approximate surface area is 128 Å². The van der Waals surface area contributed by atoms with Gasteiger partial charge in [0.15, 0.2) is 5.78 Å². The van der Waals surface area contributed by atoms with Gasteiger partial charge in [0.1, 0.15) is 5.75 Å². The summed E-state index contributed by atoms with van der Waals surface area (Å²) in [6.07, 6.45) is -5.00. The van der Waals surface area contributed by atoms with E-state index in [-0.39, 0.29) is 0 Å². The van der Waals surface area contributed by atoms with Gasteiger partial charge in [0.25, 0.3) is 0 Å². The normalized spacial score (nSPS) is 13.9. The first-order valence-electron chi connectivity index (χ1n) is 5.23. The number of thioether (sulfide) groups is 1. The lowest BCUT2D eigenvalue weighted by atomic mass is 10.1. The van der Waals surface area contributed by atoms with Crippen molar-refractivity contribution in [2.45, 2.75) is 28.5 Å². The van der Waals surface area contributed by atoms with Crippen molar-refractivity contribution in [2.24, 2.45) is 0 Å². The molecule has 1 aromatic rings. The molecule has 0 spiro atoms. The van der Waals surface area contributed by atoms with Gasteiger partial charge >= 0.3 is 11.9 Å². The fraction of sp³-hybridized carbons (Fsp3) is 0.364. The predicted octanol–water partition coefficient (Wildman–Crippen LogP) is 5.16. The molecule has 0 aromatic heterocycles. The van der Waals surface area contributed by atoms with E-state index in [0.29, 0.717) is 6.07 Å². The van der Waals surface area contributed by atoms with Crippen molar-refractivity contribution in [1.82, 2.24) is 0 Å². The molecule has 0 saturated carbocycles. The van der Waals surface area contributed by atoms with Crippen molar-refractivity contribution in [2.75, 3.05) is 0 Å². The second-order valence-corrected chi connectivity index (χ2v) is 6.21. The maximum Gasteiger partial charge on any atom is 0.573 e. The minimum absolute atomic E-state index is 0.492. The Morgan fingerprint density at radius 1 is 1.24 bits per heavy atom. The highest BCUT2D eigenvalue weighted by atomic mass is 79.9. The summed E-state index contributed by atoms with van der Waals surface area (Å²) in [7, 11) is 0. The zero-order valence-corrected chi connectivity index (χ0v) is 12.6. The van der Waals surface area contributed by atoms with E-state index in [1.807, 2.05) is 0 Å². The molecule has 0 aliphatic carbocycles. The molecular weight excluding hydrogens is 390 g/mol. The van der Waals surface area contributed by atoms with E-state index in [1.54, 1.807) is 0 Å². The number of ether oxygens (including phenoxy) is 1. The minimum Gasteiger partial charge on any atom is -0.406 e. The van der Waals surface area contributed by atoms with Crippen LogP contribution in [-0.2, 0) is 0 Å². The Balaban J connectivity index is 3.23. The van der Waals surface area contributed by atoms with Gasteiger partial charge in [-0.1, -0.05) is 15.9 Å². The molecule has 1 atom stereocenters. The van der Waals surface area contributed by atoms with Gasteiger partial charge in [-0.15, -0.1) is 13.2 Å². The Morgan fingerprint density at radius 3 is 2.24 bits per heavy atom. The van der Waals surface area contributed by atoms with Crippen molar-refractivity contribution in [3.63, 3.8) is 0 Å².